The number of carbonyl (C=O) groups excluding carboxylic acids is 1. The summed E-state index contributed by atoms with van der Waals surface area (Å²) in [5, 5.41) is 3.09. The highest BCUT2D eigenvalue weighted by Gasteiger charge is 2.26. The van der Waals surface area contributed by atoms with E-state index in [1.165, 1.54) is 12.8 Å². The summed E-state index contributed by atoms with van der Waals surface area (Å²) in [6.45, 7) is 4.22. The van der Waals surface area contributed by atoms with Crippen LogP contribution in [0.2, 0.25) is 0 Å². The van der Waals surface area contributed by atoms with Crippen LogP contribution in [0, 0.1) is 12.8 Å². The van der Waals surface area contributed by atoms with E-state index in [2.05, 4.69) is 17.2 Å². The Hall–Kier alpha value is -1.58. The number of hydrogen-bond acceptors (Lipinski definition) is 3. The number of aromatic nitrogens is 1. The van der Waals surface area contributed by atoms with Gasteiger partial charge in [-0.15, -0.1) is 0 Å². The van der Waals surface area contributed by atoms with E-state index in [0.717, 1.165) is 30.1 Å². The van der Waals surface area contributed by atoms with E-state index in [-0.39, 0.29) is 5.91 Å². The van der Waals surface area contributed by atoms with Gasteiger partial charge in [-0.05, 0) is 44.6 Å². The Kier molecular flexibility index (Phi) is 4.63. The Morgan fingerprint density at radius 3 is 2.60 bits per heavy atom. The summed E-state index contributed by atoms with van der Waals surface area (Å²) in [5.41, 5.74) is 2.44. The van der Waals surface area contributed by atoms with Crippen LogP contribution in [0.3, 0.4) is 0 Å². The molecule has 0 bridgehead atoms. The first-order valence-electron chi connectivity index (χ1n) is 7.44. The average Bonchev–Trinajstić information content (AvgIpc) is 2.46. The third-order valence-electron chi connectivity index (χ3n) is 4.39. The molecular formula is C16H25N3O. The molecule has 0 aliphatic heterocycles. The minimum absolute atomic E-state index is 0.0707. The zero-order chi connectivity index (χ0) is 14.7. The zero-order valence-corrected chi connectivity index (χ0v) is 12.9. The lowest BCUT2D eigenvalue weighted by Crippen LogP contribution is -2.39. The van der Waals surface area contributed by atoms with E-state index in [1.807, 2.05) is 32.0 Å². The average molecular weight is 275 g/mol. The van der Waals surface area contributed by atoms with Crippen LogP contribution in [0.5, 0.6) is 0 Å². The minimum atomic E-state index is 0.0707. The number of pyridine rings is 1. The summed E-state index contributed by atoms with van der Waals surface area (Å²) >= 11 is 0. The van der Waals surface area contributed by atoms with Crippen LogP contribution in [0.1, 0.15) is 48.7 Å². The van der Waals surface area contributed by atoms with Gasteiger partial charge in [0.15, 0.2) is 0 Å². The molecule has 2 rings (SSSR count). The van der Waals surface area contributed by atoms with Gasteiger partial charge >= 0.3 is 0 Å². The normalized spacial score (nSPS) is 22.4. The fraction of sp³-hybridized carbons (Fsp3) is 0.625. The van der Waals surface area contributed by atoms with Gasteiger partial charge in [0.05, 0.1) is 11.3 Å². The molecule has 1 fully saturated rings. The molecule has 4 nitrogen and oxygen atoms in total. The molecule has 20 heavy (non-hydrogen) atoms. The monoisotopic (exact) mass is 275 g/mol. The molecule has 110 valence electrons. The fourth-order valence-electron chi connectivity index (χ4n) is 2.92. The van der Waals surface area contributed by atoms with Crippen molar-refractivity contribution in [3.05, 3.63) is 23.5 Å². The maximum absolute atomic E-state index is 12.7. The van der Waals surface area contributed by atoms with E-state index < -0.39 is 0 Å². The van der Waals surface area contributed by atoms with Crippen molar-refractivity contribution in [2.75, 3.05) is 19.4 Å². The van der Waals surface area contributed by atoms with Crippen molar-refractivity contribution in [2.24, 2.45) is 5.92 Å². The molecule has 0 spiro atoms. The highest BCUT2D eigenvalue weighted by Crippen LogP contribution is 2.28. The summed E-state index contributed by atoms with van der Waals surface area (Å²) in [5.74, 6) is 0.866. The van der Waals surface area contributed by atoms with Crippen LogP contribution < -0.4 is 5.32 Å². The van der Waals surface area contributed by atoms with E-state index in [0.29, 0.717) is 11.6 Å². The van der Waals surface area contributed by atoms with E-state index >= 15 is 0 Å². The fourth-order valence-corrected chi connectivity index (χ4v) is 2.92. The molecule has 0 aromatic carbocycles. The molecule has 0 radical (unpaired) electrons. The molecular weight excluding hydrogens is 250 g/mol. The summed E-state index contributed by atoms with van der Waals surface area (Å²) < 4.78 is 0. The van der Waals surface area contributed by atoms with Crippen molar-refractivity contribution >= 4 is 11.6 Å². The molecule has 4 heteroatoms. The molecule has 1 amide bonds. The van der Waals surface area contributed by atoms with Crippen molar-refractivity contribution in [3.63, 3.8) is 0 Å². The predicted molar refractivity (Wildman–Crippen MR) is 82.0 cm³/mol. The van der Waals surface area contributed by atoms with Gasteiger partial charge in [0.1, 0.15) is 0 Å². The second-order valence-corrected chi connectivity index (χ2v) is 5.95. The second-order valence-electron chi connectivity index (χ2n) is 5.95. The van der Waals surface area contributed by atoms with Crippen molar-refractivity contribution in [1.82, 2.24) is 9.88 Å². The van der Waals surface area contributed by atoms with Gasteiger partial charge < -0.3 is 10.2 Å². The van der Waals surface area contributed by atoms with Crippen LogP contribution >= 0.6 is 0 Å². The first kappa shape index (κ1) is 14.8. The quantitative estimate of drug-likeness (QED) is 0.922. The number of aryl methyl sites for hydroxylation is 1. The lowest BCUT2D eigenvalue weighted by Gasteiger charge is -2.34. The van der Waals surface area contributed by atoms with Gasteiger partial charge in [0, 0.05) is 32.0 Å². The third kappa shape index (κ3) is 3.11. The standard InChI is InChI=1S/C16H25N3O/c1-11-5-7-13(8-6-11)19(4)16(20)14-10-18-12(2)9-15(14)17-3/h9-11,13H,5-8H2,1-4H3,(H,17,18). The lowest BCUT2D eigenvalue weighted by molar-refractivity contribution is 0.0680. The Morgan fingerprint density at radius 1 is 1.35 bits per heavy atom. The SMILES string of the molecule is CNc1cc(C)ncc1C(=O)N(C)C1CCC(C)CC1. The van der Waals surface area contributed by atoms with Crippen molar-refractivity contribution < 1.29 is 4.79 Å². The van der Waals surface area contributed by atoms with Crippen LogP contribution in [-0.4, -0.2) is 35.9 Å². The molecule has 1 heterocycles. The lowest BCUT2D eigenvalue weighted by atomic mass is 9.86. The van der Waals surface area contributed by atoms with Gasteiger partial charge in [-0.2, -0.15) is 0 Å². The van der Waals surface area contributed by atoms with Crippen molar-refractivity contribution in [1.29, 1.82) is 0 Å². The number of nitrogens with zero attached hydrogens (tertiary/aromatic N) is 2. The van der Waals surface area contributed by atoms with Crippen molar-refractivity contribution in [3.8, 4) is 0 Å². The topological polar surface area (TPSA) is 45.2 Å². The van der Waals surface area contributed by atoms with Crippen LogP contribution in [0.4, 0.5) is 5.69 Å². The Morgan fingerprint density at radius 2 is 2.00 bits per heavy atom. The molecule has 1 aromatic rings. The number of carbonyl (C=O) groups is 1. The Bertz CT molecular complexity index is 479. The smallest absolute Gasteiger partial charge is 0.257 e. The molecule has 1 aromatic heterocycles. The number of amides is 1. The first-order chi connectivity index (χ1) is 9.52. The third-order valence-corrected chi connectivity index (χ3v) is 4.39. The van der Waals surface area contributed by atoms with E-state index in [4.69, 9.17) is 0 Å². The number of rotatable bonds is 3. The maximum Gasteiger partial charge on any atom is 0.257 e. The van der Waals surface area contributed by atoms with Gasteiger partial charge in [0.25, 0.3) is 5.91 Å². The zero-order valence-electron chi connectivity index (χ0n) is 12.9. The van der Waals surface area contributed by atoms with Gasteiger partial charge in [-0.3, -0.25) is 9.78 Å². The van der Waals surface area contributed by atoms with Gasteiger partial charge in [-0.1, -0.05) is 6.92 Å². The summed E-state index contributed by atoms with van der Waals surface area (Å²) in [6, 6.07) is 2.29. The Labute approximate surface area is 121 Å². The Balaban J connectivity index is 2.14. The first-order valence-corrected chi connectivity index (χ1v) is 7.44. The van der Waals surface area contributed by atoms with Crippen LogP contribution in [0.15, 0.2) is 12.3 Å². The van der Waals surface area contributed by atoms with Crippen molar-refractivity contribution in [2.45, 2.75) is 45.6 Å². The highest BCUT2D eigenvalue weighted by molar-refractivity contribution is 5.99. The molecule has 0 saturated heterocycles. The van der Waals surface area contributed by atoms with Gasteiger partial charge in [-0.25, -0.2) is 0 Å². The molecule has 1 aliphatic rings. The molecule has 1 aliphatic carbocycles. The summed E-state index contributed by atoms with van der Waals surface area (Å²) in [6.07, 6.45) is 6.33. The predicted octanol–water partition coefficient (Wildman–Crippen LogP) is 3.08. The van der Waals surface area contributed by atoms with Crippen LogP contribution in [-0.2, 0) is 0 Å². The maximum atomic E-state index is 12.7. The molecule has 1 N–H and O–H groups in total. The van der Waals surface area contributed by atoms with E-state index in [1.54, 1.807) is 6.20 Å². The second kappa shape index (κ2) is 6.25. The summed E-state index contributed by atoms with van der Waals surface area (Å²) in [4.78, 5) is 18.8. The number of nitrogens with one attached hydrogen (secondary N) is 1. The van der Waals surface area contributed by atoms with Gasteiger partial charge in [0.2, 0.25) is 0 Å². The molecule has 1 saturated carbocycles. The number of hydrogen-bond donors (Lipinski definition) is 1. The molecule has 0 unspecified atom stereocenters. The minimum Gasteiger partial charge on any atom is -0.387 e. The highest BCUT2D eigenvalue weighted by atomic mass is 16.2. The largest absolute Gasteiger partial charge is 0.387 e. The number of anilines is 1. The molecule has 0 atom stereocenters. The summed E-state index contributed by atoms with van der Waals surface area (Å²) in [7, 11) is 3.76. The van der Waals surface area contributed by atoms with Crippen LogP contribution in [0.25, 0.3) is 0 Å². The van der Waals surface area contributed by atoms with E-state index in [9.17, 15) is 4.79 Å².